The lowest BCUT2D eigenvalue weighted by Crippen LogP contribution is -2.87. The lowest BCUT2D eigenvalue weighted by molar-refractivity contribution is -0.447. The van der Waals surface area contributed by atoms with Crippen LogP contribution in [0.1, 0.15) is 15.2 Å². The number of aliphatic hydroxyl groups is 14. The second-order valence-corrected chi connectivity index (χ2v) is 11.5. The lowest BCUT2D eigenvalue weighted by Gasteiger charge is -2.63. The van der Waals surface area contributed by atoms with Gasteiger partial charge in [-0.3, -0.25) is 0 Å². The van der Waals surface area contributed by atoms with Gasteiger partial charge in [-0.2, -0.15) is 0 Å². The van der Waals surface area contributed by atoms with Crippen molar-refractivity contribution < 1.29 is 96.5 Å². The van der Waals surface area contributed by atoms with Crippen LogP contribution in [-0.2, 0) is 23.7 Å². The van der Waals surface area contributed by atoms with Gasteiger partial charge < -0.3 is 95.2 Å². The average Bonchev–Trinajstić information content (AvgIpc) is 2.98. The molecule has 0 radical (unpaired) electrons. The summed E-state index contributed by atoms with van der Waals surface area (Å²) < 4.78 is 35.8. The number of hydrogen-bond donors (Lipinski definition) is 14. The van der Waals surface area contributed by atoms with Gasteiger partial charge in [0.25, 0.3) is 0 Å². The average molecular weight is 636 g/mol. The SMILES string of the molecule is [2H]C1(O)O[C@H](CO)[C@@H](O[C@@H]2O[C@H](CO)[C@H](O)[C@H](O)[C@H]2O)[C@@](O)(C2O[C@@H](C)[C@@H](O)[C@@H](O)[C@@H]2O)[C@]1(O)C1O[C@@H](C)[C@@H](O)[C@@H](O)[C@@H]1O. The maximum absolute atomic E-state index is 12.6. The first-order chi connectivity index (χ1) is 20.3. The van der Waals surface area contributed by atoms with Gasteiger partial charge in [0.2, 0.25) is 0 Å². The van der Waals surface area contributed by atoms with Gasteiger partial charge in [-0.1, -0.05) is 0 Å². The summed E-state index contributed by atoms with van der Waals surface area (Å²) in [6.07, 6.45) is -39.1. The molecular formula is C24H42O19. The Morgan fingerprint density at radius 1 is 0.558 bits per heavy atom. The largest absolute Gasteiger partial charge is 0.394 e. The van der Waals surface area contributed by atoms with Crippen LogP contribution in [0.4, 0.5) is 0 Å². The van der Waals surface area contributed by atoms with E-state index in [2.05, 4.69) is 0 Å². The zero-order valence-corrected chi connectivity index (χ0v) is 23.0. The highest BCUT2D eigenvalue weighted by Gasteiger charge is 2.76. The Bertz CT molecular complexity index is 993. The summed E-state index contributed by atoms with van der Waals surface area (Å²) in [5, 5.41) is 151. The Morgan fingerprint density at radius 2 is 1.00 bits per heavy atom. The van der Waals surface area contributed by atoms with Gasteiger partial charge >= 0.3 is 0 Å². The lowest BCUT2D eigenvalue weighted by atomic mass is 9.63. The Labute approximate surface area is 245 Å². The zero-order chi connectivity index (χ0) is 33.3. The molecule has 43 heavy (non-hydrogen) atoms. The standard InChI is InChI=1S/C24H42O19/c1-5-9(27)12(30)15(33)19(39-5)23(37)18(43-21-17(35)14(32)11(29)7(3-25)41-21)8(4-26)42-22(36)24(23,38)20-16(34)13(31)10(28)6(2)40-20/h5-22,25-38H,3-4H2,1-2H3/t5-,6-,7+,8+,9+,10+,11-,12+,13+,14-,15-,16-,17+,18+,19?,20?,21-,22?,23+,24-/m0/s1/i22D. The number of aliphatic hydroxyl groups excluding tert-OH is 11. The smallest absolute Gasteiger partial charge is 0.190 e. The van der Waals surface area contributed by atoms with E-state index in [1.54, 1.807) is 0 Å². The Hall–Kier alpha value is -0.760. The fraction of sp³-hybridized carbons (Fsp3) is 1.00. The van der Waals surface area contributed by atoms with Crippen LogP contribution in [0.2, 0.25) is 0 Å². The third-order valence-electron chi connectivity index (χ3n) is 8.83. The first kappa shape index (κ1) is 33.6. The topological polar surface area (TPSA) is 329 Å². The van der Waals surface area contributed by atoms with Crippen LogP contribution >= 0.6 is 0 Å². The van der Waals surface area contributed by atoms with Crippen molar-refractivity contribution in [2.24, 2.45) is 0 Å². The first-order valence-corrected chi connectivity index (χ1v) is 13.6. The summed E-state index contributed by atoms with van der Waals surface area (Å²) in [7, 11) is 0. The molecule has 0 amide bonds. The van der Waals surface area contributed by atoms with Crippen LogP contribution in [-0.4, -0.2) is 206 Å². The van der Waals surface area contributed by atoms with E-state index in [1.165, 1.54) is 0 Å². The quantitative estimate of drug-likeness (QED) is 0.129. The van der Waals surface area contributed by atoms with Crippen molar-refractivity contribution in [2.45, 2.75) is 135 Å². The molecular weight excluding hydrogens is 592 g/mol. The van der Waals surface area contributed by atoms with Crippen molar-refractivity contribution in [3.8, 4) is 0 Å². The molecule has 4 rings (SSSR count). The normalized spacial score (nSPS) is 60.4. The van der Waals surface area contributed by atoms with E-state index in [0.717, 1.165) is 13.8 Å². The Morgan fingerprint density at radius 3 is 1.47 bits per heavy atom. The first-order valence-electron chi connectivity index (χ1n) is 14.1. The maximum atomic E-state index is 12.6. The summed E-state index contributed by atoms with van der Waals surface area (Å²) in [5.74, 6) is 0. The molecule has 4 aliphatic heterocycles. The van der Waals surface area contributed by atoms with Crippen molar-refractivity contribution in [2.75, 3.05) is 13.2 Å². The van der Waals surface area contributed by atoms with E-state index in [-0.39, 0.29) is 0 Å². The zero-order valence-electron chi connectivity index (χ0n) is 24.0. The second-order valence-electron chi connectivity index (χ2n) is 11.5. The van der Waals surface area contributed by atoms with Crippen molar-refractivity contribution in [3.05, 3.63) is 0 Å². The fourth-order valence-electron chi connectivity index (χ4n) is 6.16. The minimum atomic E-state index is -3.88. The summed E-state index contributed by atoms with van der Waals surface area (Å²) >= 11 is 0. The van der Waals surface area contributed by atoms with Gasteiger partial charge in [-0.15, -0.1) is 0 Å². The van der Waals surface area contributed by atoms with E-state index >= 15 is 0 Å². The van der Waals surface area contributed by atoms with Gasteiger partial charge in [0.1, 0.15) is 85.5 Å². The van der Waals surface area contributed by atoms with Crippen molar-refractivity contribution in [3.63, 3.8) is 0 Å². The monoisotopic (exact) mass is 635 g/mol. The third kappa shape index (κ3) is 5.42. The molecule has 3 unspecified atom stereocenters. The summed E-state index contributed by atoms with van der Waals surface area (Å²) in [4.78, 5) is 0. The van der Waals surface area contributed by atoms with Crippen LogP contribution in [0.25, 0.3) is 0 Å². The molecule has 4 heterocycles. The number of hydrogen-bond acceptors (Lipinski definition) is 19. The second kappa shape index (κ2) is 12.8. The molecule has 14 N–H and O–H groups in total. The molecule has 19 nitrogen and oxygen atoms in total. The summed E-state index contributed by atoms with van der Waals surface area (Å²) in [6, 6.07) is 0. The van der Waals surface area contributed by atoms with E-state index in [0.29, 0.717) is 0 Å². The highest BCUT2D eigenvalue weighted by atomic mass is 16.7. The number of ether oxygens (including phenoxy) is 5. The van der Waals surface area contributed by atoms with Crippen LogP contribution < -0.4 is 0 Å². The molecule has 0 aromatic heterocycles. The van der Waals surface area contributed by atoms with Crippen molar-refractivity contribution in [1.82, 2.24) is 0 Å². The van der Waals surface area contributed by atoms with Gasteiger partial charge in [0.05, 0.1) is 26.8 Å². The highest BCUT2D eigenvalue weighted by molar-refractivity contribution is 5.23. The molecule has 0 bridgehead atoms. The third-order valence-corrected chi connectivity index (χ3v) is 8.83. The van der Waals surface area contributed by atoms with Crippen LogP contribution in [0.5, 0.6) is 0 Å². The van der Waals surface area contributed by atoms with E-state index in [4.69, 9.17) is 25.1 Å². The molecule has 0 aromatic rings. The molecule has 0 spiro atoms. The highest BCUT2D eigenvalue weighted by Crippen LogP contribution is 2.50. The molecule has 0 saturated carbocycles. The molecule has 0 aliphatic carbocycles. The summed E-state index contributed by atoms with van der Waals surface area (Å²) in [6.45, 7) is 0.0976. The van der Waals surface area contributed by atoms with Crippen LogP contribution in [0.15, 0.2) is 0 Å². The molecule has 20 atom stereocenters. The molecule has 19 heteroatoms. The van der Waals surface area contributed by atoms with E-state index in [9.17, 15) is 71.5 Å². The van der Waals surface area contributed by atoms with Gasteiger partial charge in [0.15, 0.2) is 23.8 Å². The van der Waals surface area contributed by atoms with Crippen molar-refractivity contribution >= 4 is 0 Å². The molecule has 4 aliphatic rings. The molecule has 4 saturated heterocycles. The molecule has 0 aromatic carbocycles. The number of rotatable bonds is 6. The minimum Gasteiger partial charge on any atom is -0.394 e. The predicted molar refractivity (Wildman–Crippen MR) is 131 cm³/mol. The van der Waals surface area contributed by atoms with E-state index < -0.39 is 135 Å². The molecule has 4 fully saturated rings. The van der Waals surface area contributed by atoms with Gasteiger partial charge in [0, 0.05) is 0 Å². The van der Waals surface area contributed by atoms with Crippen molar-refractivity contribution in [1.29, 1.82) is 0 Å². The predicted octanol–water partition coefficient (Wildman–Crippen LogP) is -8.92. The van der Waals surface area contributed by atoms with Gasteiger partial charge in [-0.25, -0.2) is 0 Å². The molecule has 252 valence electrons. The summed E-state index contributed by atoms with van der Waals surface area (Å²) in [5.41, 5.74) is -7.53. The Balaban J connectivity index is 1.93. The maximum Gasteiger partial charge on any atom is 0.190 e. The van der Waals surface area contributed by atoms with Crippen LogP contribution in [0, 0.1) is 0 Å². The minimum absolute atomic E-state index is 0.942. The van der Waals surface area contributed by atoms with Crippen LogP contribution in [0.3, 0.4) is 0 Å². The fourth-order valence-corrected chi connectivity index (χ4v) is 6.16. The van der Waals surface area contributed by atoms with E-state index in [1.807, 2.05) is 0 Å². The van der Waals surface area contributed by atoms with Gasteiger partial charge in [-0.05, 0) is 13.8 Å². The Kier molecular flexibility index (Phi) is 10.00.